The van der Waals surface area contributed by atoms with Gasteiger partial charge in [0.2, 0.25) is 10.0 Å². The highest BCUT2D eigenvalue weighted by Crippen LogP contribution is 2.33. The zero-order valence-electron chi connectivity index (χ0n) is 17.6. The fraction of sp³-hybridized carbons (Fsp3) is 0.429. The van der Waals surface area contributed by atoms with E-state index in [4.69, 9.17) is 23.2 Å². The average Bonchev–Trinajstić information content (AvgIpc) is 3.06. The van der Waals surface area contributed by atoms with Crippen molar-refractivity contribution in [2.45, 2.75) is 43.7 Å². The second-order valence-corrected chi connectivity index (χ2v) is 12.5. The van der Waals surface area contributed by atoms with Crippen molar-refractivity contribution >= 4 is 48.9 Å². The topological polar surface area (TPSA) is 95.0 Å². The molecule has 0 saturated carbocycles. The van der Waals surface area contributed by atoms with E-state index in [-0.39, 0.29) is 22.9 Å². The predicted molar refractivity (Wildman–Crippen MR) is 127 cm³/mol. The highest BCUT2D eigenvalue weighted by molar-refractivity contribution is 7.92. The fourth-order valence-electron chi connectivity index (χ4n) is 3.82. The van der Waals surface area contributed by atoms with Gasteiger partial charge in [0.05, 0.1) is 22.9 Å². The minimum Gasteiger partial charge on any atom is -0.392 e. The van der Waals surface area contributed by atoms with Crippen molar-refractivity contribution in [3.8, 4) is 0 Å². The van der Waals surface area contributed by atoms with Crippen molar-refractivity contribution in [3.63, 3.8) is 0 Å². The molecule has 1 saturated heterocycles. The molecule has 1 N–H and O–H groups in total. The van der Waals surface area contributed by atoms with E-state index < -0.39 is 26.1 Å². The van der Waals surface area contributed by atoms with E-state index in [0.29, 0.717) is 48.0 Å². The van der Waals surface area contributed by atoms with Gasteiger partial charge in [0, 0.05) is 34.7 Å². The molecule has 32 heavy (non-hydrogen) atoms. The molecule has 0 radical (unpaired) electrons. The van der Waals surface area contributed by atoms with Gasteiger partial charge in [-0.3, -0.25) is 4.31 Å². The number of anilines is 1. The van der Waals surface area contributed by atoms with Crippen molar-refractivity contribution in [2.24, 2.45) is 0 Å². The molecule has 2 aromatic rings. The highest BCUT2D eigenvalue weighted by atomic mass is 35.5. The Labute approximate surface area is 199 Å². The molecule has 1 aliphatic heterocycles. The van der Waals surface area contributed by atoms with Crippen molar-refractivity contribution in [1.29, 1.82) is 0 Å². The summed E-state index contributed by atoms with van der Waals surface area (Å²) in [6.45, 7) is 2.22. The molecular weight excluding hydrogens is 495 g/mol. The summed E-state index contributed by atoms with van der Waals surface area (Å²) in [4.78, 5) is 0.0553. The number of nitrogens with zero attached hydrogens (tertiary/aromatic N) is 2. The first-order valence-corrected chi connectivity index (χ1v) is 14.0. The maximum atomic E-state index is 13.6. The highest BCUT2D eigenvalue weighted by Gasteiger charge is 2.32. The van der Waals surface area contributed by atoms with E-state index in [1.807, 2.05) is 0 Å². The summed E-state index contributed by atoms with van der Waals surface area (Å²) in [5.74, 6) is 0.155. The Balaban J connectivity index is 1.93. The number of sulfonamides is 2. The lowest BCUT2D eigenvalue weighted by Gasteiger charge is -2.32. The van der Waals surface area contributed by atoms with E-state index in [9.17, 15) is 21.9 Å². The number of rotatable bonds is 9. The maximum absolute atomic E-state index is 13.6. The summed E-state index contributed by atoms with van der Waals surface area (Å²) >= 11 is 12.1. The van der Waals surface area contributed by atoms with Crippen LogP contribution in [0.15, 0.2) is 47.4 Å². The molecule has 2 aromatic carbocycles. The van der Waals surface area contributed by atoms with Crippen LogP contribution in [0, 0.1) is 0 Å². The number of aliphatic hydroxyl groups is 1. The molecule has 1 fully saturated rings. The lowest BCUT2D eigenvalue weighted by atomic mass is 10.1. The summed E-state index contributed by atoms with van der Waals surface area (Å²) in [6.07, 6.45) is 1.51. The van der Waals surface area contributed by atoms with Crippen LogP contribution >= 0.6 is 23.2 Å². The molecule has 0 aromatic heterocycles. The third-order valence-electron chi connectivity index (χ3n) is 5.46. The molecule has 7 nitrogen and oxygen atoms in total. The van der Waals surface area contributed by atoms with Gasteiger partial charge in [0.25, 0.3) is 10.0 Å². The standard InChI is InChI=1S/C21H26Cl2N2O5S2/c1-16(4-2-11-24-12-3-13-31(24,27)28)25(21-14-19(23)6-5-17(21)15-26)32(29,30)20-9-7-18(22)8-10-20/h5-10,14,16,26H,2-4,11-13,15H2,1H3/t16-/m1/s1. The third-order valence-corrected chi connectivity index (χ3v) is 9.84. The molecule has 1 atom stereocenters. The van der Waals surface area contributed by atoms with E-state index in [1.165, 1.54) is 38.9 Å². The van der Waals surface area contributed by atoms with Crippen molar-refractivity contribution in [2.75, 3.05) is 23.1 Å². The Hall–Kier alpha value is -1.36. The first-order chi connectivity index (χ1) is 15.1. The lowest BCUT2D eigenvalue weighted by Crippen LogP contribution is -2.40. The first-order valence-electron chi connectivity index (χ1n) is 10.2. The van der Waals surface area contributed by atoms with Crippen molar-refractivity contribution < 1.29 is 21.9 Å². The zero-order chi connectivity index (χ0) is 23.5. The van der Waals surface area contributed by atoms with Gasteiger partial charge in [-0.15, -0.1) is 0 Å². The molecule has 1 heterocycles. The van der Waals surface area contributed by atoms with Crippen LogP contribution in [-0.4, -0.2) is 51.1 Å². The number of halogens is 2. The van der Waals surface area contributed by atoms with Crippen LogP contribution in [-0.2, 0) is 26.7 Å². The van der Waals surface area contributed by atoms with Crippen molar-refractivity contribution in [3.05, 3.63) is 58.1 Å². The molecule has 0 unspecified atom stereocenters. The van der Waals surface area contributed by atoms with Gasteiger partial charge in [-0.2, -0.15) is 0 Å². The monoisotopic (exact) mass is 520 g/mol. The summed E-state index contributed by atoms with van der Waals surface area (Å²) in [7, 11) is -7.23. The normalized spacial score (nSPS) is 17.4. The maximum Gasteiger partial charge on any atom is 0.264 e. The molecule has 0 amide bonds. The van der Waals surface area contributed by atoms with Gasteiger partial charge >= 0.3 is 0 Å². The summed E-state index contributed by atoms with van der Waals surface area (Å²) in [5.41, 5.74) is 0.706. The van der Waals surface area contributed by atoms with Gasteiger partial charge < -0.3 is 5.11 Å². The van der Waals surface area contributed by atoms with Gasteiger partial charge in [0.1, 0.15) is 0 Å². The van der Waals surface area contributed by atoms with E-state index in [2.05, 4.69) is 0 Å². The van der Waals surface area contributed by atoms with Crippen LogP contribution in [0.25, 0.3) is 0 Å². The van der Waals surface area contributed by atoms with Gasteiger partial charge in [0.15, 0.2) is 0 Å². The summed E-state index contributed by atoms with van der Waals surface area (Å²) < 4.78 is 54.1. The van der Waals surface area contributed by atoms with Gasteiger partial charge in [-0.25, -0.2) is 21.1 Å². The van der Waals surface area contributed by atoms with Gasteiger partial charge in [-0.1, -0.05) is 29.3 Å². The fourth-order valence-corrected chi connectivity index (χ4v) is 7.40. The summed E-state index contributed by atoms with van der Waals surface area (Å²) in [6, 6.07) is 10.0. The Morgan fingerprint density at radius 2 is 1.78 bits per heavy atom. The predicted octanol–water partition coefficient (Wildman–Crippen LogP) is 3.89. The molecular formula is C21H26Cl2N2O5S2. The second-order valence-electron chi connectivity index (χ2n) is 7.75. The van der Waals surface area contributed by atoms with Crippen LogP contribution in [0.3, 0.4) is 0 Å². The largest absolute Gasteiger partial charge is 0.392 e. The zero-order valence-corrected chi connectivity index (χ0v) is 20.8. The second kappa shape index (κ2) is 10.3. The number of hydrogen-bond donors (Lipinski definition) is 1. The van der Waals surface area contributed by atoms with Crippen LogP contribution in [0.2, 0.25) is 10.0 Å². The van der Waals surface area contributed by atoms with Gasteiger partial charge in [-0.05, 0) is 62.6 Å². The number of benzene rings is 2. The van der Waals surface area contributed by atoms with Crippen LogP contribution in [0.5, 0.6) is 0 Å². The molecule has 0 spiro atoms. The Kier molecular flexibility index (Phi) is 8.11. The summed E-state index contributed by atoms with van der Waals surface area (Å²) in [5, 5.41) is 10.6. The SMILES string of the molecule is C[C@H](CCCN1CCCS1(=O)=O)N(c1cc(Cl)ccc1CO)S(=O)(=O)c1ccc(Cl)cc1. The molecule has 0 aliphatic carbocycles. The van der Waals surface area contributed by atoms with E-state index >= 15 is 0 Å². The third kappa shape index (κ3) is 5.58. The molecule has 11 heteroatoms. The average molecular weight is 521 g/mol. The number of hydrogen-bond acceptors (Lipinski definition) is 5. The molecule has 176 valence electrons. The Bertz CT molecular complexity index is 1160. The van der Waals surface area contributed by atoms with Crippen LogP contribution in [0.1, 0.15) is 31.7 Å². The molecule has 1 aliphatic rings. The molecule has 3 rings (SSSR count). The lowest BCUT2D eigenvalue weighted by molar-refractivity contribution is 0.282. The Morgan fingerprint density at radius 3 is 2.38 bits per heavy atom. The first kappa shape index (κ1) is 25.3. The molecule has 0 bridgehead atoms. The van der Waals surface area contributed by atoms with Crippen molar-refractivity contribution in [1.82, 2.24) is 4.31 Å². The van der Waals surface area contributed by atoms with Crippen LogP contribution in [0.4, 0.5) is 5.69 Å². The smallest absolute Gasteiger partial charge is 0.264 e. The van der Waals surface area contributed by atoms with E-state index in [1.54, 1.807) is 19.1 Å². The van der Waals surface area contributed by atoms with Crippen LogP contribution < -0.4 is 4.31 Å². The minimum atomic E-state index is -4.02. The number of aliphatic hydroxyl groups excluding tert-OH is 1. The van der Waals surface area contributed by atoms with E-state index in [0.717, 1.165) is 0 Å². The minimum absolute atomic E-state index is 0.0553. The quantitative estimate of drug-likeness (QED) is 0.541. The Morgan fingerprint density at radius 1 is 1.12 bits per heavy atom.